The van der Waals surface area contributed by atoms with Crippen LogP contribution in [0, 0.1) is 17.2 Å². The van der Waals surface area contributed by atoms with Crippen molar-refractivity contribution < 1.29 is 14.3 Å². The highest BCUT2D eigenvalue weighted by Gasteiger charge is 2.27. The highest BCUT2D eigenvalue weighted by molar-refractivity contribution is 5.89. The largest absolute Gasteiger partial charge is 0.492 e. The van der Waals surface area contributed by atoms with Gasteiger partial charge in [-0.25, -0.2) is 0 Å². The van der Waals surface area contributed by atoms with Gasteiger partial charge in [-0.15, -0.1) is 0 Å². The molecular weight excluding hydrogens is 414 g/mol. The van der Waals surface area contributed by atoms with Crippen molar-refractivity contribution in [1.29, 1.82) is 5.26 Å². The van der Waals surface area contributed by atoms with Gasteiger partial charge in [-0.2, -0.15) is 5.26 Å². The molecule has 33 heavy (non-hydrogen) atoms. The maximum Gasteiger partial charge on any atom is 0.245 e. The van der Waals surface area contributed by atoms with Crippen molar-refractivity contribution in [2.75, 3.05) is 20.2 Å². The van der Waals surface area contributed by atoms with E-state index in [1.54, 1.807) is 36.2 Å². The van der Waals surface area contributed by atoms with Gasteiger partial charge in [-0.05, 0) is 40.5 Å². The van der Waals surface area contributed by atoms with E-state index in [0.29, 0.717) is 17.9 Å². The Balaban J connectivity index is 1.55. The van der Waals surface area contributed by atoms with Gasteiger partial charge in [0.2, 0.25) is 11.8 Å². The standard InChI is InChI=1S/C27H29N3O3/c1-19(2)26(27(32)30(3)13-14-33-24-10-6-7-21(16-24)18-28)29-25(31)17-20-11-12-22-8-4-5-9-23(22)15-20/h4-12,15-16,19,26H,13-14,17H2,1-3H3,(H,29,31). The van der Waals surface area contributed by atoms with Gasteiger partial charge < -0.3 is 15.0 Å². The first-order valence-corrected chi connectivity index (χ1v) is 11.0. The summed E-state index contributed by atoms with van der Waals surface area (Å²) in [6.07, 6.45) is 0.212. The van der Waals surface area contributed by atoms with E-state index in [9.17, 15) is 9.59 Å². The average molecular weight is 444 g/mol. The zero-order chi connectivity index (χ0) is 23.8. The van der Waals surface area contributed by atoms with Gasteiger partial charge in [0, 0.05) is 7.05 Å². The van der Waals surface area contributed by atoms with Crippen molar-refractivity contribution in [1.82, 2.24) is 10.2 Å². The highest BCUT2D eigenvalue weighted by atomic mass is 16.5. The fourth-order valence-electron chi connectivity index (χ4n) is 3.58. The first-order chi connectivity index (χ1) is 15.9. The third kappa shape index (κ3) is 6.56. The van der Waals surface area contributed by atoms with Gasteiger partial charge in [0.1, 0.15) is 18.4 Å². The van der Waals surface area contributed by atoms with E-state index in [1.807, 2.05) is 56.3 Å². The fraction of sp³-hybridized carbons (Fsp3) is 0.296. The van der Waals surface area contributed by atoms with Crippen molar-refractivity contribution in [3.05, 3.63) is 77.9 Å². The number of hydrogen-bond donors (Lipinski definition) is 1. The van der Waals surface area contributed by atoms with Gasteiger partial charge in [-0.1, -0.05) is 62.4 Å². The summed E-state index contributed by atoms with van der Waals surface area (Å²) in [6, 6.07) is 22.3. The van der Waals surface area contributed by atoms with Crippen molar-refractivity contribution in [2.45, 2.75) is 26.3 Å². The number of fused-ring (bicyclic) bond motifs is 1. The molecule has 0 fully saturated rings. The van der Waals surface area contributed by atoms with E-state index in [1.165, 1.54) is 0 Å². The molecule has 0 aromatic heterocycles. The first kappa shape index (κ1) is 23.8. The molecule has 1 unspecified atom stereocenters. The van der Waals surface area contributed by atoms with Crippen LogP contribution >= 0.6 is 0 Å². The van der Waals surface area contributed by atoms with Gasteiger partial charge in [-0.3, -0.25) is 9.59 Å². The SMILES string of the molecule is CC(C)C(NC(=O)Cc1ccc2ccccc2c1)C(=O)N(C)CCOc1cccc(C#N)c1. The number of carbonyl (C=O) groups is 2. The van der Waals surface area contributed by atoms with Gasteiger partial charge >= 0.3 is 0 Å². The van der Waals surface area contributed by atoms with Crippen LogP contribution in [-0.4, -0.2) is 43.0 Å². The van der Waals surface area contributed by atoms with Crippen molar-refractivity contribution in [3.63, 3.8) is 0 Å². The zero-order valence-electron chi connectivity index (χ0n) is 19.2. The maximum absolute atomic E-state index is 13.0. The lowest BCUT2D eigenvalue weighted by Gasteiger charge is -2.27. The number of hydrogen-bond acceptors (Lipinski definition) is 4. The Morgan fingerprint density at radius 2 is 1.79 bits per heavy atom. The van der Waals surface area contributed by atoms with E-state index in [-0.39, 0.29) is 30.8 Å². The van der Waals surface area contributed by atoms with Crippen molar-refractivity contribution >= 4 is 22.6 Å². The topological polar surface area (TPSA) is 82.4 Å². The molecule has 0 aliphatic rings. The monoisotopic (exact) mass is 443 g/mol. The van der Waals surface area contributed by atoms with Crippen LogP contribution in [0.15, 0.2) is 66.7 Å². The average Bonchev–Trinajstić information content (AvgIpc) is 2.82. The fourth-order valence-corrected chi connectivity index (χ4v) is 3.58. The van der Waals surface area contributed by atoms with E-state index in [4.69, 9.17) is 10.00 Å². The second-order valence-corrected chi connectivity index (χ2v) is 8.40. The van der Waals surface area contributed by atoms with Crippen molar-refractivity contribution in [2.24, 2.45) is 5.92 Å². The maximum atomic E-state index is 13.0. The molecule has 2 amide bonds. The summed E-state index contributed by atoms with van der Waals surface area (Å²) in [6.45, 7) is 4.47. The molecule has 6 heteroatoms. The zero-order valence-corrected chi connectivity index (χ0v) is 19.2. The second-order valence-electron chi connectivity index (χ2n) is 8.40. The Bertz CT molecular complexity index is 1170. The molecule has 3 aromatic rings. The van der Waals surface area contributed by atoms with Crippen LogP contribution in [-0.2, 0) is 16.0 Å². The quantitative estimate of drug-likeness (QED) is 0.543. The normalized spacial score (nSPS) is 11.6. The molecule has 3 rings (SSSR count). The smallest absolute Gasteiger partial charge is 0.245 e. The van der Waals surface area contributed by atoms with E-state index in [2.05, 4.69) is 11.4 Å². The minimum atomic E-state index is -0.620. The number of nitrogens with zero attached hydrogens (tertiary/aromatic N) is 2. The number of amides is 2. The molecule has 170 valence electrons. The number of ether oxygens (including phenoxy) is 1. The molecule has 0 radical (unpaired) electrons. The second kappa shape index (κ2) is 11.1. The first-order valence-electron chi connectivity index (χ1n) is 11.0. The number of benzene rings is 3. The Kier molecular flexibility index (Phi) is 8.04. The third-order valence-electron chi connectivity index (χ3n) is 5.46. The molecule has 0 saturated carbocycles. The Labute approximate surface area is 194 Å². The summed E-state index contributed by atoms with van der Waals surface area (Å²) in [7, 11) is 1.70. The Morgan fingerprint density at radius 1 is 1.03 bits per heavy atom. The number of carbonyl (C=O) groups excluding carboxylic acids is 2. The van der Waals surface area contributed by atoms with Gasteiger partial charge in [0.15, 0.2) is 0 Å². The summed E-state index contributed by atoms with van der Waals surface area (Å²) < 4.78 is 5.67. The lowest BCUT2D eigenvalue weighted by atomic mass is 10.0. The van der Waals surface area contributed by atoms with E-state index >= 15 is 0 Å². The Hall–Kier alpha value is -3.85. The van der Waals surface area contributed by atoms with Crippen LogP contribution in [0.1, 0.15) is 25.0 Å². The molecular formula is C27H29N3O3. The lowest BCUT2D eigenvalue weighted by Crippen LogP contribution is -2.51. The van der Waals surface area contributed by atoms with Crippen LogP contribution in [0.4, 0.5) is 0 Å². The lowest BCUT2D eigenvalue weighted by molar-refractivity contribution is -0.136. The molecule has 6 nitrogen and oxygen atoms in total. The van der Waals surface area contributed by atoms with Crippen LogP contribution < -0.4 is 10.1 Å². The molecule has 0 aliphatic carbocycles. The third-order valence-corrected chi connectivity index (χ3v) is 5.46. The van der Waals surface area contributed by atoms with E-state index < -0.39 is 6.04 Å². The Morgan fingerprint density at radius 3 is 2.52 bits per heavy atom. The number of rotatable bonds is 9. The van der Waals surface area contributed by atoms with Crippen LogP contribution in [0.25, 0.3) is 10.8 Å². The molecule has 0 heterocycles. The number of nitriles is 1. The molecule has 1 atom stereocenters. The summed E-state index contributed by atoms with van der Waals surface area (Å²) in [5.41, 5.74) is 1.42. The van der Waals surface area contributed by atoms with E-state index in [0.717, 1.165) is 16.3 Å². The summed E-state index contributed by atoms with van der Waals surface area (Å²) in [5, 5.41) is 14.1. The summed E-state index contributed by atoms with van der Waals surface area (Å²) in [5.74, 6) is 0.175. The molecule has 1 N–H and O–H groups in total. The summed E-state index contributed by atoms with van der Waals surface area (Å²) in [4.78, 5) is 27.3. The van der Waals surface area contributed by atoms with Crippen molar-refractivity contribution in [3.8, 4) is 11.8 Å². The molecule has 0 saturated heterocycles. The molecule has 0 aliphatic heterocycles. The molecule has 3 aromatic carbocycles. The van der Waals surface area contributed by atoms with Gasteiger partial charge in [0.05, 0.1) is 24.6 Å². The summed E-state index contributed by atoms with van der Waals surface area (Å²) >= 11 is 0. The predicted octanol–water partition coefficient (Wildman–Crippen LogP) is 3.93. The number of nitrogens with one attached hydrogen (secondary N) is 1. The molecule has 0 spiro atoms. The minimum Gasteiger partial charge on any atom is -0.492 e. The van der Waals surface area contributed by atoms with Crippen LogP contribution in [0.3, 0.4) is 0 Å². The molecule has 0 bridgehead atoms. The van der Waals surface area contributed by atoms with Crippen LogP contribution in [0.5, 0.6) is 5.75 Å². The minimum absolute atomic E-state index is 0.0614. The highest BCUT2D eigenvalue weighted by Crippen LogP contribution is 2.16. The van der Waals surface area contributed by atoms with Crippen LogP contribution in [0.2, 0.25) is 0 Å². The van der Waals surface area contributed by atoms with Gasteiger partial charge in [0.25, 0.3) is 0 Å². The number of likely N-dealkylation sites (N-methyl/N-ethyl adjacent to an activating group) is 1. The predicted molar refractivity (Wildman–Crippen MR) is 129 cm³/mol.